The van der Waals surface area contributed by atoms with Gasteiger partial charge in [0.2, 0.25) is 0 Å². The molecule has 1 N–H and O–H groups in total. The molecule has 0 radical (unpaired) electrons. The van der Waals surface area contributed by atoms with Gasteiger partial charge in [0.05, 0.1) is 10.6 Å². The number of hydrogen-bond acceptors (Lipinski definition) is 4. The number of halogens is 1. The number of hydrogen-bond donors (Lipinski definition) is 1. The molecule has 0 saturated carbocycles. The first-order valence-electron chi connectivity index (χ1n) is 7.84. The van der Waals surface area contributed by atoms with Crippen LogP contribution in [0.3, 0.4) is 0 Å². The molecule has 7 nitrogen and oxygen atoms in total. The van der Waals surface area contributed by atoms with Gasteiger partial charge in [-0.15, -0.1) is 0 Å². The minimum absolute atomic E-state index is 0.0478. The number of nitrogens with one attached hydrogen (secondary N) is 1. The monoisotopic (exact) mass is 344 g/mol. The number of amides is 2. The SMILES string of the molecule is O=C(Nc1ccccc1F)N1CCN(c2ccc([N+](=O)[O-])cc2)CC1. The van der Waals surface area contributed by atoms with E-state index in [4.69, 9.17) is 0 Å². The van der Waals surface area contributed by atoms with Gasteiger partial charge in [-0.25, -0.2) is 9.18 Å². The van der Waals surface area contributed by atoms with Crippen molar-refractivity contribution in [2.24, 2.45) is 0 Å². The molecule has 0 unspecified atom stereocenters. The zero-order chi connectivity index (χ0) is 17.8. The van der Waals surface area contributed by atoms with Crippen LogP contribution in [0.1, 0.15) is 0 Å². The molecule has 3 rings (SSSR count). The summed E-state index contributed by atoms with van der Waals surface area (Å²) < 4.78 is 13.6. The third-order valence-electron chi connectivity index (χ3n) is 4.11. The molecule has 0 bridgehead atoms. The van der Waals surface area contributed by atoms with Gasteiger partial charge < -0.3 is 15.1 Å². The van der Waals surface area contributed by atoms with Gasteiger partial charge in [0.25, 0.3) is 5.69 Å². The van der Waals surface area contributed by atoms with Gasteiger partial charge in [0.15, 0.2) is 0 Å². The number of non-ortho nitro benzene ring substituents is 1. The number of rotatable bonds is 3. The van der Waals surface area contributed by atoms with Crippen molar-refractivity contribution in [3.8, 4) is 0 Å². The molecule has 25 heavy (non-hydrogen) atoms. The summed E-state index contributed by atoms with van der Waals surface area (Å²) in [5, 5.41) is 13.3. The molecule has 2 aromatic rings. The highest BCUT2D eigenvalue weighted by Gasteiger charge is 2.22. The van der Waals surface area contributed by atoms with Crippen molar-refractivity contribution < 1.29 is 14.1 Å². The fraction of sp³-hybridized carbons (Fsp3) is 0.235. The van der Waals surface area contributed by atoms with Crippen molar-refractivity contribution in [2.75, 3.05) is 36.4 Å². The molecular formula is C17H17FN4O3. The normalized spacial score (nSPS) is 14.3. The maximum atomic E-state index is 13.6. The second-order valence-corrected chi connectivity index (χ2v) is 5.66. The second-order valence-electron chi connectivity index (χ2n) is 5.66. The number of urea groups is 1. The van der Waals surface area contributed by atoms with Crippen LogP contribution in [0.4, 0.5) is 26.2 Å². The van der Waals surface area contributed by atoms with Crippen LogP contribution in [0, 0.1) is 15.9 Å². The highest BCUT2D eigenvalue weighted by Crippen LogP contribution is 2.21. The van der Waals surface area contributed by atoms with E-state index in [1.165, 1.54) is 24.3 Å². The van der Waals surface area contributed by atoms with Crippen LogP contribution in [0.15, 0.2) is 48.5 Å². The highest BCUT2D eigenvalue weighted by molar-refractivity contribution is 5.89. The van der Waals surface area contributed by atoms with Crippen molar-refractivity contribution in [2.45, 2.75) is 0 Å². The predicted octanol–water partition coefficient (Wildman–Crippen LogP) is 3.09. The van der Waals surface area contributed by atoms with E-state index in [1.807, 2.05) is 0 Å². The first kappa shape index (κ1) is 16.7. The van der Waals surface area contributed by atoms with Crippen LogP contribution in [-0.2, 0) is 0 Å². The number of anilines is 2. The zero-order valence-electron chi connectivity index (χ0n) is 13.4. The van der Waals surface area contributed by atoms with Crippen LogP contribution >= 0.6 is 0 Å². The number of benzene rings is 2. The Morgan fingerprint density at radius 1 is 1.04 bits per heavy atom. The fourth-order valence-corrected chi connectivity index (χ4v) is 2.71. The zero-order valence-corrected chi connectivity index (χ0v) is 13.4. The summed E-state index contributed by atoms with van der Waals surface area (Å²) in [5.74, 6) is -0.472. The van der Waals surface area contributed by atoms with E-state index in [-0.39, 0.29) is 17.4 Å². The van der Waals surface area contributed by atoms with Crippen LogP contribution in [0.2, 0.25) is 0 Å². The van der Waals surface area contributed by atoms with E-state index in [0.29, 0.717) is 26.2 Å². The predicted molar refractivity (Wildman–Crippen MR) is 92.3 cm³/mol. The van der Waals surface area contributed by atoms with E-state index in [1.54, 1.807) is 29.2 Å². The summed E-state index contributed by atoms with van der Waals surface area (Å²) >= 11 is 0. The van der Waals surface area contributed by atoms with Crippen molar-refractivity contribution >= 4 is 23.1 Å². The summed E-state index contributed by atoms with van der Waals surface area (Å²) in [7, 11) is 0. The molecule has 8 heteroatoms. The molecule has 2 aromatic carbocycles. The molecule has 0 aliphatic carbocycles. The number of carbonyl (C=O) groups is 1. The van der Waals surface area contributed by atoms with Gasteiger partial charge in [-0.3, -0.25) is 10.1 Å². The van der Waals surface area contributed by atoms with Crippen LogP contribution in [0.25, 0.3) is 0 Å². The minimum Gasteiger partial charge on any atom is -0.368 e. The maximum absolute atomic E-state index is 13.6. The number of nitrogens with zero attached hydrogens (tertiary/aromatic N) is 3. The third kappa shape index (κ3) is 3.85. The van der Waals surface area contributed by atoms with Crippen molar-refractivity contribution in [1.82, 2.24) is 4.90 Å². The Hall–Kier alpha value is -3.16. The topological polar surface area (TPSA) is 78.7 Å². The Morgan fingerprint density at radius 3 is 2.28 bits per heavy atom. The molecule has 0 aromatic heterocycles. The second kappa shape index (κ2) is 7.16. The highest BCUT2D eigenvalue weighted by atomic mass is 19.1. The summed E-state index contributed by atoms with van der Waals surface area (Å²) in [4.78, 5) is 26.2. The third-order valence-corrected chi connectivity index (χ3v) is 4.11. The molecule has 1 aliphatic heterocycles. The number of para-hydroxylation sites is 1. The number of nitro groups is 1. The minimum atomic E-state index is -0.472. The average molecular weight is 344 g/mol. The lowest BCUT2D eigenvalue weighted by Crippen LogP contribution is -2.50. The standard InChI is InChI=1S/C17H17FN4O3/c18-15-3-1-2-4-16(15)19-17(23)21-11-9-20(10-12-21)13-5-7-14(8-6-13)22(24)25/h1-8H,9-12H2,(H,19,23). The fourth-order valence-electron chi connectivity index (χ4n) is 2.71. The maximum Gasteiger partial charge on any atom is 0.322 e. The lowest BCUT2D eigenvalue weighted by molar-refractivity contribution is -0.384. The number of piperazine rings is 1. The van der Waals surface area contributed by atoms with Gasteiger partial charge in [-0.05, 0) is 24.3 Å². The molecule has 1 saturated heterocycles. The quantitative estimate of drug-likeness (QED) is 0.685. The average Bonchev–Trinajstić information content (AvgIpc) is 2.64. The van der Waals surface area contributed by atoms with Gasteiger partial charge in [-0.1, -0.05) is 12.1 Å². The van der Waals surface area contributed by atoms with Gasteiger partial charge in [0.1, 0.15) is 5.82 Å². The van der Waals surface area contributed by atoms with Gasteiger partial charge >= 0.3 is 6.03 Å². The molecule has 1 aliphatic rings. The summed E-state index contributed by atoms with van der Waals surface area (Å²) in [6.07, 6.45) is 0. The summed E-state index contributed by atoms with van der Waals surface area (Å²) in [6, 6.07) is 12.0. The van der Waals surface area contributed by atoms with Crippen LogP contribution in [0.5, 0.6) is 0 Å². The Kier molecular flexibility index (Phi) is 4.78. The Morgan fingerprint density at radius 2 is 1.68 bits per heavy atom. The van der Waals surface area contributed by atoms with Gasteiger partial charge in [0, 0.05) is 44.0 Å². The van der Waals surface area contributed by atoms with Crippen molar-refractivity contribution in [1.29, 1.82) is 0 Å². The Balaban J connectivity index is 1.57. The van der Waals surface area contributed by atoms with E-state index >= 15 is 0 Å². The van der Waals surface area contributed by atoms with Crippen LogP contribution in [-0.4, -0.2) is 42.0 Å². The van der Waals surface area contributed by atoms with Gasteiger partial charge in [-0.2, -0.15) is 0 Å². The van der Waals surface area contributed by atoms with Crippen molar-refractivity contribution in [3.05, 3.63) is 64.5 Å². The van der Waals surface area contributed by atoms with E-state index in [9.17, 15) is 19.3 Å². The largest absolute Gasteiger partial charge is 0.368 e. The summed E-state index contributed by atoms with van der Waals surface area (Å²) in [5.41, 5.74) is 1.08. The van der Waals surface area contributed by atoms with Crippen molar-refractivity contribution in [3.63, 3.8) is 0 Å². The smallest absolute Gasteiger partial charge is 0.322 e. The molecule has 1 fully saturated rings. The lowest BCUT2D eigenvalue weighted by Gasteiger charge is -2.36. The lowest BCUT2D eigenvalue weighted by atomic mass is 10.2. The Labute approximate surface area is 143 Å². The first-order chi connectivity index (χ1) is 12.0. The number of nitro benzene ring substituents is 1. The molecule has 130 valence electrons. The number of carbonyl (C=O) groups excluding carboxylic acids is 1. The molecule has 1 heterocycles. The Bertz CT molecular complexity index is 774. The van der Waals surface area contributed by atoms with Crippen LogP contribution < -0.4 is 10.2 Å². The molecular weight excluding hydrogens is 327 g/mol. The van der Waals surface area contributed by atoms with E-state index < -0.39 is 10.7 Å². The van der Waals surface area contributed by atoms with E-state index in [2.05, 4.69) is 10.2 Å². The molecule has 2 amide bonds. The first-order valence-corrected chi connectivity index (χ1v) is 7.84. The van der Waals surface area contributed by atoms with E-state index in [0.717, 1.165) is 5.69 Å². The molecule has 0 atom stereocenters. The summed E-state index contributed by atoms with van der Waals surface area (Å²) in [6.45, 7) is 2.17. The molecule has 0 spiro atoms.